The van der Waals surface area contributed by atoms with E-state index >= 15 is 0 Å². The maximum atomic E-state index is 13.1. The van der Waals surface area contributed by atoms with Gasteiger partial charge >= 0.3 is 5.97 Å². The van der Waals surface area contributed by atoms with Gasteiger partial charge in [0.1, 0.15) is 5.75 Å². The lowest BCUT2D eigenvalue weighted by atomic mass is 10.1. The van der Waals surface area contributed by atoms with Gasteiger partial charge in [-0.2, -0.15) is 0 Å². The normalized spacial score (nSPS) is 11.6. The summed E-state index contributed by atoms with van der Waals surface area (Å²) in [5.74, 6) is -1.91. The Morgan fingerprint density at radius 1 is 0.951 bits per heavy atom. The standard InChI is InChI=1S/C27H19Cl4N3O5S2/c1-12(24(35)34-27-33-17(11-40-27)13-5-3-7-15(9-13)39-2)41-16-8-4-6-14(10-16)32-25(36)18-19(26(37)38)21(29)23(31)22(30)20(18)28/h3-12H,1-2H3,(H,32,36)(H,37,38)(H,33,34,35). The molecule has 0 saturated heterocycles. The Morgan fingerprint density at radius 2 is 1.63 bits per heavy atom. The summed E-state index contributed by atoms with van der Waals surface area (Å²) < 4.78 is 5.26. The number of anilines is 2. The van der Waals surface area contributed by atoms with Crippen molar-refractivity contribution >= 4 is 98.1 Å². The molecule has 8 nitrogen and oxygen atoms in total. The first-order chi connectivity index (χ1) is 19.5. The number of halogens is 4. The summed E-state index contributed by atoms with van der Waals surface area (Å²) >= 11 is 26.8. The van der Waals surface area contributed by atoms with Crippen molar-refractivity contribution in [1.29, 1.82) is 0 Å². The molecular weight excluding hydrogens is 652 g/mol. The van der Waals surface area contributed by atoms with Gasteiger partial charge in [0.2, 0.25) is 5.91 Å². The molecule has 14 heteroatoms. The second kappa shape index (κ2) is 13.3. The smallest absolute Gasteiger partial charge is 0.338 e. The molecule has 4 rings (SSSR count). The Bertz CT molecular complexity index is 1660. The number of hydrogen-bond acceptors (Lipinski definition) is 7. The monoisotopic (exact) mass is 669 g/mol. The zero-order chi connectivity index (χ0) is 29.8. The van der Waals surface area contributed by atoms with Crippen LogP contribution < -0.4 is 15.4 Å². The molecule has 1 unspecified atom stereocenters. The number of carbonyl (C=O) groups excluding carboxylic acids is 2. The molecule has 0 saturated carbocycles. The van der Waals surface area contributed by atoms with E-state index in [1.54, 1.807) is 38.3 Å². The molecule has 0 aliphatic carbocycles. The Hall–Kier alpha value is -2.99. The van der Waals surface area contributed by atoms with Crippen LogP contribution in [0.4, 0.5) is 10.8 Å². The number of thiazole rings is 1. The molecule has 1 aromatic heterocycles. The average Bonchev–Trinajstić information content (AvgIpc) is 3.42. The van der Waals surface area contributed by atoms with Crippen molar-refractivity contribution in [2.75, 3.05) is 17.7 Å². The zero-order valence-corrected chi connectivity index (χ0v) is 25.8. The average molecular weight is 671 g/mol. The molecular formula is C27H19Cl4N3O5S2. The van der Waals surface area contributed by atoms with Gasteiger partial charge in [-0.05, 0) is 37.3 Å². The number of nitrogens with one attached hydrogen (secondary N) is 2. The molecule has 1 atom stereocenters. The molecule has 212 valence electrons. The molecule has 0 aliphatic heterocycles. The Kier molecular flexibility index (Phi) is 10.1. The van der Waals surface area contributed by atoms with Crippen LogP contribution in [-0.2, 0) is 4.79 Å². The topological polar surface area (TPSA) is 118 Å². The van der Waals surface area contributed by atoms with Crippen molar-refractivity contribution in [2.24, 2.45) is 0 Å². The summed E-state index contributed by atoms with van der Waals surface area (Å²) in [5, 5.41) is 15.5. The molecule has 4 aromatic rings. The minimum absolute atomic E-state index is 0.242. The van der Waals surface area contributed by atoms with Crippen molar-refractivity contribution < 1.29 is 24.2 Å². The van der Waals surface area contributed by atoms with E-state index in [9.17, 15) is 19.5 Å². The third-order valence-electron chi connectivity index (χ3n) is 5.58. The summed E-state index contributed by atoms with van der Waals surface area (Å²) in [6.45, 7) is 1.73. The molecule has 0 radical (unpaired) electrons. The van der Waals surface area contributed by atoms with Crippen LogP contribution in [0.5, 0.6) is 5.75 Å². The van der Waals surface area contributed by atoms with E-state index in [4.69, 9.17) is 51.1 Å². The number of thioether (sulfide) groups is 1. The van der Waals surface area contributed by atoms with Gasteiger partial charge in [-0.15, -0.1) is 23.1 Å². The van der Waals surface area contributed by atoms with Crippen LogP contribution in [0.1, 0.15) is 27.6 Å². The molecule has 0 spiro atoms. The molecule has 0 bridgehead atoms. The number of benzene rings is 3. The highest BCUT2D eigenvalue weighted by molar-refractivity contribution is 8.00. The first-order valence-corrected chi connectivity index (χ1v) is 14.8. The number of amides is 2. The molecule has 3 aromatic carbocycles. The Morgan fingerprint density at radius 3 is 2.32 bits per heavy atom. The summed E-state index contributed by atoms with van der Waals surface area (Å²) in [7, 11) is 1.59. The maximum Gasteiger partial charge on any atom is 0.338 e. The maximum absolute atomic E-state index is 13.1. The van der Waals surface area contributed by atoms with E-state index in [0.717, 1.165) is 5.56 Å². The number of aromatic carboxylic acids is 1. The highest BCUT2D eigenvalue weighted by Crippen LogP contribution is 2.42. The molecule has 1 heterocycles. The quantitative estimate of drug-likeness (QED) is 0.0928. The predicted molar refractivity (Wildman–Crippen MR) is 166 cm³/mol. The van der Waals surface area contributed by atoms with Crippen molar-refractivity contribution in [1.82, 2.24) is 4.98 Å². The van der Waals surface area contributed by atoms with Crippen LogP contribution in [0, 0.1) is 0 Å². The first kappa shape index (κ1) is 31.0. The molecule has 0 fully saturated rings. The van der Waals surface area contributed by atoms with E-state index in [-0.39, 0.29) is 21.0 Å². The summed E-state index contributed by atoms with van der Waals surface area (Å²) in [6.07, 6.45) is 0. The van der Waals surface area contributed by atoms with Crippen LogP contribution >= 0.6 is 69.5 Å². The number of rotatable bonds is 9. The minimum Gasteiger partial charge on any atom is -0.497 e. The fourth-order valence-corrected chi connectivity index (χ4v) is 6.27. The van der Waals surface area contributed by atoms with Crippen LogP contribution in [0.25, 0.3) is 11.3 Å². The van der Waals surface area contributed by atoms with Crippen LogP contribution in [0.15, 0.2) is 58.8 Å². The van der Waals surface area contributed by atoms with Crippen molar-refractivity contribution in [3.8, 4) is 17.0 Å². The third kappa shape index (κ3) is 7.09. The number of carbonyl (C=O) groups is 3. The van der Waals surface area contributed by atoms with E-state index in [0.29, 0.717) is 27.2 Å². The third-order valence-corrected chi connectivity index (χ3v) is 9.24. The van der Waals surface area contributed by atoms with Crippen LogP contribution in [0.3, 0.4) is 0 Å². The van der Waals surface area contributed by atoms with Crippen LogP contribution in [0.2, 0.25) is 20.1 Å². The lowest BCUT2D eigenvalue weighted by Gasteiger charge is -2.15. The number of ether oxygens (including phenoxy) is 1. The van der Waals surface area contributed by atoms with E-state index in [2.05, 4.69) is 15.6 Å². The minimum atomic E-state index is -1.50. The number of methoxy groups -OCH3 is 1. The van der Waals surface area contributed by atoms with Gasteiger partial charge in [0.05, 0.1) is 49.3 Å². The second-order valence-corrected chi connectivity index (χ2v) is 12.1. The lowest BCUT2D eigenvalue weighted by molar-refractivity contribution is -0.115. The summed E-state index contributed by atoms with van der Waals surface area (Å²) in [6, 6.07) is 14.1. The largest absolute Gasteiger partial charge is 0.497 e. The van der Waals surface area contributed by atoms with Gasteiger partial charge < -0.3 is 20.5 Å². The SMILES string of the molecule is COc1cccc(-c2csc(NC(=O)C(C)Sc3cccc(NC(=O)c4c(Cl)c(Cl)c(Cl)c(Cl)c4C(=O)O)c3)n2)c1. The van der Waals surface area contributed by atoms with Crippen molar-refractivity contribution in [2.45, 2.75) is 17.1 Å². The molecule has 0 aliphatic rings. The van der Waals surface area contributed by atoms with Gasteiger partial charge in [0.15, 0.2) is 5.13 Å². The van der Waals surface area contributed by atoms with Gasteiger partial charge in [-0.1, -0.05) is 64.6 Å². The number of nitrogens with zero attached hydrogens (tertiary/aromatic N) is 1. The zero-order valence-electron chi connectivity index (χ0n) is 21.1. The number of hydrogen-bond donors (Lipinski definition) is 3. The summed E-state index contributed by atoms with van der Waals surface area (Å²) in [5.41, 5.74) is 0.895. The van der Waals surface area contributed by atoms with Gasteiger partial charge in [0.25, 0.3) is 5.91 Å². The Balaban J connectivity index is 1.45. The molecule has 41 heavy (non-hydrogen) atoms. The van der Waals surface area contributed by atoms with E-state index in [1.165, 1.54) is 23.1 Å². The van der Waals surface area contributed by atoms with E-state index < -0.39 is 33.3 Å². The number of carboxylic acids is 1. The number of carboxylic acid groups (broad SMARTS) is 1. The van der Waals surface area contributed by atoms with E-state index in [1.807, 2.05) is 29.6 Å². The fraction of sp³-hybridized carbons (Fsp3) is 0.111. The van der Waals surface area contributed by atoms with Crippen molar-refractivity contribution in [3.63, 3.8) is 0 Å². The highest BCUT2D eigenvalue weighted by Gasteiger charge is 2.29. The van der Waals surface area contributed by atoms with Gasteiger partial charge in [0, 0.05) is 21.5 Å². The molecule has 3 N–H and O–H groups in total. The predicted octanol–water partition coefficient (Wildman–Crippen LogP) is 8.50. The van der Waals surface area contributed by atoms with Gasteiger partial charge in [-0.3, -0.25) is 9.59 Å². The van der Waals surface area contributed by atoms with Crippen LogP contribution in [-0.4, -0.2) is 40.2 Å². The lowest BCUT2D eigenvalue weighted by Crippen LogP contribution is -2.22. The van der Waals surface area contributed by atoms with Crippen molar-refractivity contribution in [3.05, 3.63) is 85.1 Å². The second-order valence-electron chi connectivity index (χ2n) is 8.31. The fourth-order valence-electron chi connectivity index (χ4n) is 3.60. The number of aromatic nitrogens is 1. The Labute approximate surface area is 262 Å². The molecule has 2 amide bonds. The first-order valence-electron chi connectivity index (χ1n) is 11.6. The summed E-state index contributed by atoms with van der Waals surface area (Å²) in [4.78, 5) is 42.9. The van der Waals surface area contributed by atoms with Gasteiger partial charge in [-0.25, -0.2) is 9.78 Å². The highest BCUT2D eigenvalue weighted by atomic mass is 35.5.